The first-order chi connectivity index (χ1) is 4.88. The van der Waals surface area contributed by atoms with Gasteiger partial charge in [0.2, 0.25) is 0 Å². The number of hydrogen-bond acceptors (Lipinski definition) is 0. The van der Waals surface area contributed by atoms with Crippen LogP contribution in [0.2, 0.25) is 0 Å². The Morgan fingerprint density at radius 3 is 2.64 bits per heavy atom. The van der Waals surface area contributed by atoms with E-state index in [0.29, 0.717) is 0 Å². The molecular formula is C9H11LiSi. The minimum Gasteiger partial charge on any atom is -0.0801 e. The van der Waals surface area contributed by atoms with Crippen molar-refractivity contribution < 1.29 is 0 Å². The molecular weight excluding hydrogens is 143 g/mol. The van der Waals surface area contributed by atoms with Crippen LogP contribution in [-0.2, 0) is 0 Å². The molecule has 0 aromatic heterocycles. The third-order valence-electron chi connectivity index (χ3n) is 2.05. The molecule has 11 heavy (non-hydrogen) atoms. The molecule has 0 radical (unpaired) electrons. The molecule has 2 heteroatoms. The zero-order chi connectivity index (χ0) is 6.97. The van der Waals surface area contributed by atoms with Crippen molar-refractivity contribution in [2.24, 2.45) is 0 Å². The Kier molecular flexibility index (Phi) is 2.78. The minimum absolute atomic E-state index is 0. The van der Waals surface area contributed by atoms with E-state index in [4.69, 9.17) is 0 Å². The Labute approximate surface area is 82.3 Å². The van der Waals surface area contributed by atoms with E-state index in [1.807, 2.05) is 0 Å². The minimum atomic E-state index is 0. The first kappa shape index (κ1) is 8.87. The summed E-state index contributed by atoms with van der Waals surface area (Å²) < 4.78 is 0. The summed E-state index contributed by atoms with van der Waals surface area (Å²) >= 11 is 0. The SMILES string of the molecule is [LiH].[SiH3]C1C=Cc2ccccc21. The van der Waals surface area contributed by atoms with Crippen LogP contribution in [0.15, 0.2) is 30.3 Å². The largest absolute Gasteiger partial charge is 0.0801 e. The van der Waals surface area contributed by atoms with Gasteiger partial charge in [0.05, 0.1) is 0 Å². The Morgan fingerprint density at radius 2 is 1.91 bits per heavy atom. The topological polar surface area (TPSA) is 0 Å². The van der Waals surface area contributed by atoms with Crippen LogP contribution in [0.4, 0.5) is 0 Å². The second kappa shape index (κ2) is 3.45. The normalized spacial score (nSPS) is 19.5. The summed E-state index contributed by atoms with van der Waals surface area (Å²) in [5, 5.41) is 0. The maximum absolute atomic E-state index is 2.30. The average molecular weight is 154 g/mol. The van der Waals surface area contributed by atoms with Gasteiger partial charge in [-0.05, 0) is 16.7 Å². The fourth-order valence-corrected chi connectivity index (χ4v) is 2.15. The van der Waals surface area contributed by atoms with E-state index in [9.17, 15) is 0 Å². The van der Waals surface area contributed by atoms with Crippen LogP contribution in [0.5, 0.6) is 0 Å². The zero-order valence-corrected chi connectivity index (χ0v) is 8.04. The molecule has 0 aliphatic heterocycles. The molecule has 0 nitrogen and oxygen atoms in total. The summed E-state index contributed by atoms with van der Waals surface area (Å²) in [6.07, 6.45) is 4.53. The monoisotopic (exact) mass is 154 g/mol. The molecule has 0 spiro atoms. The van der Waals surface area contributed by atoms with Crippen molar-refractivity contribution in [3.63, 3.8) is 0 Å². The molecule has 1 unspecified atom stereocenters. The van der Waals surface area contributed by atoms with Crippen molar-refractivity contribution in [3.05, 3.63) is 41.5 Å². The third kappa shape index (κ3) is 1.51. The van der Waals surface area contributed by atoms with Crippen molar-refractivity contribution in [1.82, 2.24) is 0 Å². The number of benzene rings is 1. The van der Waals surface area contributed by atoms with E-state index < -0.39 is 0 Å². The fraction of sp³-hybridized carbons (Fsp3) is 0.111. The summed E-state index contributed by atoms with van der Waals surface area (Å²) in [6, 6.07) is 8.64. The van der Waals surface area contributed by atoms with Gasteiger partial charge in [0.1, 0.15) is 0 Å². The first-order valence-corrected chi connectivity index (χ1v) is 4.80. The molecule has 0 heterocycles. The molecule has 0 fully saturated rings. The summed E-state index contributed by atoms with van der Waals surface area (Å²) in [5.41, 5.74) is 3.70. The Bertz CT molecular complexity index is 281. The van der Waals surface area contributed by atoms with Crippen LogP contribution < -0.4 is 0 Å². The van der Waals surface area contributed by atoms with Gasteiger partial charge in [0, 0.05) is 10.2 Å². The van der Waals surface area contributed by atoms with E-state index in [0.717, 1.165) is 5.54 Å². The first-order valence-electron chi connectivity index (χ1n) is 3.65. The standard InChI is InChI=1S/C9H10Si.Li.H/c10-9-6-5-7-3-1-2-4-8(7)9;;/h1-6,9H,10H3;;. The number of fused-ring (bicyclic) bond motifs is 1. The summed E-state index contributed by atoms with van der Waals surface area (Å²) in [5.74, 6) is 0. The predicted molar refractivity (Wildman–Crippen MR) is 55.3 cm³/mol. The maximum atomic E-state index is 2.30. The molecule has 1 aromatic rings. The average Bonchev–Trinajstić information content (AvgIpc) is 2.34. The second-order valence-electron chi connectivity index (χ2n) is 2.78. The molecule has 0 amide bonds. The van der Waals surface area contributed by atoms with Crippen LogP contribution in [0.3, 0.4) is 0 Å². The fourth-order valence-electron chi connectivity index (χ4n) is 1.43. The van der Waals surface area contributed by atoms with Crippen LogP contribution >= 0.6 is 0 Å². The molecule has 0 N–H and O–H groups in total. The predicted octanol–water partition coefficient (Wildman–Crippen LogP) is 0.471. The molecule has 1 aliphatic carbocycles. The van der Waals surface area contributed by atoms with E-state index in [1.165, 1.54) is 21.4 Å². The van der Waals surface area contributed by atoms with Gasteiger partial charge in [0.15, 0.2) is 0 Å². The van der Waals surface area contributed by atoms with E-state index in [-0.39, 0.29) is 18.9 Å². The van der Waals surface area contributed by atoms with E-state index >= 15 is 0 Å². The van der Waals surface area contributed by atoms with Gasteiger partial charge >= 0.3 is 18.9 Å². The number of hydrogen-bond donors (Lipinski definition) is 0. The quantitative estimate of drug-likeness (QED) is 0.477. The van der Waals surface area contributed by atoms with E-state index in [1.54, 1.807) is 0 Å². The van der Waals surface area contributed by atoms with Crippen molar-refractivity contribution in [2.75, 3.05) is 0 Å². The Balaban J connectivity index is 0.000000605. The van der Waals surface area contributed by atoms with Gasteiger partial charge < -0.3 is 0 Å². The summed E-state index contributed by atoms with van der Waals surface area (Å²) in [4.78, 5) is 0. The van der Waals surface area contributed by atoms with Crippen molar-refractivity contribution in [3.8, 4) is 0 Å². The Hall–Kier alpha value is -0.226. The van der Waals surface area contributed by atoms with Gasteiger partial charge in [0.25, 0.3) is 0 Å². The third-order valence-corrected chi connectivity index (χ3v) is 3.06. The van der Waals surface area contributed by atoms with Gasteiger partial charge in [-0.3, -0.25) is 0 Å². The molecule has 1 atom stereocenters. The molecule has 0 saturated carbocycles. The van der Waals surface area contributed by atoms with Crippen molar-refractivity contribution >= 4 is 35.2 Å². The van der Waals surface area contributed by atoms with Gasteiger partial charge in [-0.25, -0.2) is 0 Å². The summed E-state index contributed by atoms with van der Waals surface area (Å²) in [6.45, 7) is 0. The maximum Gasteiger partial charge on any atom is 0.0171 e. The van der Waals surface area contributed by atoms with Crippen LogP contribution in [-0.4, -0.2) is 29.1 Å². The van der Waals surface area contributed by atoms with Gasteiger partial charge in [-0.1, -0.05) is 36.4 Å². The van der Waals surface area contributed by atoms with Gasteiger partial charge in [-0.2, -0.15) is 0 Å². The van der Waals surface area contributed by atoms with Crippen LogP contribution in [0.25, 0.3) is 6.08 Å². The molecule has 0 saturated heterocycles. The van der Waals surface area contributed by atoms with Crippen LogP contribution in [0.1, 0.15) is 16.7 Å². The van der Waals surface area contributed by atoms with E-state index in [2.05, 4.69) is 36.4 Å². The molecule has 1 aromatic carbocycles. The van der Waals surface area contributed by atoms with Crippen molar-refractivity contribution in [1.29, 1.82) is 0 Å². The zero-order valence-electron chi connectivity index (χ0n) is 6.04. The number of rotatable bonds is 0. The van der Waals surface area contributed by atoms with Crippen LogP contribution in [0, 0.1) is 0 Å². The molecule has 0 bridgehead atoms. The summed E-state index contributed by atoms with van der Waals surface area (Å²) in [7, 11) is 1.24. The van der Waals surface area contributed by atoms with Gasteiger partial charge in [-0.15, -0.1) is 0 Å². The molecule has 2 rings (SSSR count). The van der Waals surface area contributed by atoms with Crippen molar-refractivity contribution in [2.45, 2.75) is 5.54 Å². The smallest absolute Gasteiger partial charge is 0.0171 e. The Morgan fingerprint density at radius 1 is 1.18 bits per heavy atom. The second-order valence-corrected chi connectivity index (χ2v) is 4.02. The molecule has 52 valence electrons. The molecule has 1 aliphatic rings. The number of allylic oxidation sites excluding steroid dienone is 1.